The van der Waals surface area contributed by atoms with Crippen molar-refractivity contribution in [3.63, 3.8) is 0 Å². The molecule has 31 heavy (non-hydrogen) atoms. The van der Waals surface area contributed by atoms with E-state index in [-0.39, 0.29) is 10.6 Å². The number of carbonyl (C=O) groups excluding carboxylic acids is 3. The summed E-state index contributed by atoms with van der Waals surface area (Å²) in [5.41, 5.74) is 0.453. The van der Waals surface area contributed by atoms with Gasteiger partial charge in [-0.15, -0.1) is 0 Å². The number of rotatable bonds is 7. The van der Waals surface area contributed by atoms with E-state index in [1.54, 1.807) is 30.3 Å². The third kappa shape index (κ3) is 5.91. The molecular weight excluding hydrogens is 426 g/mol. The van der Waals surface area contributed by atoms with Gasteiger partial charge in [0.2, 0.25) is 5.91 Å². The van der Waals surface area contributed by atoms with Crippen molar-refractivity contribution in [1.82, 2.24) is 4.90 Å². The van der Waals surface area contributed by atoms with Crippen LogP contribution in [0.3, 0.4) is 0 Å². The van der Waals surface area contributed by atoms with Gasteiger partial charge in [-0.05, 0) is 53.6 Å². The van der Waals surface area contributed by atoms with Crippen LogP contribution in [-0.4, -0.2) is 35.1 Å². The number of thioether (sulfide) groups is 1. The first-order chi connectivity index (χ1) is 14.7. The van der Waals surface area contributed by atoms with Crippen molar-refractivity contribution < 1.29 is 27.9 Å². The summed E-state index contributed by atoms with van der Waals surface area (Å²) in [6.45, 7) is 4.09. The lowest BCUT2D eigenvalue weighted by atomic mass is 10.2. The van der Waals surface area contributed by atoms with Crippen LogP contribution in [0.1, 0.15) is 19.4 Å². The maximum Gasteiger partial charge on any atom is 0.294 e. The molecule has 0 radical (unpaired) electrons. The first-order valence-corrected chi connectivity index (χ1v) is 10.3. The van der Waals surface area contributed by atoms with Gasteiger partial charge in [-0.3, -0.25) is 19.3 Å². The molecule has 0 spiro atoms. The number of anilines is 1. The molecule has 3 rings (SSSR count). The molecule has 2 aromatic carbocycles. The molecule has 1 fully saturated rings. The van der Waals surface area contributed by atoms with Crippen LogP contribution in [0.2, 0.25) is 0 Å². The van der Waals surface area contributed by atoms with E-state index in [0.29, 0.717) is 41.7 Å². The quantitative estimate of drug-likeness (QED) is 0.626. The van der Waals surface area contributed by atoms with Gasteiger partial charge >= 0.3 is 0 Å². The minimum atomic E-state index is -0.955. The Bertz CT molecular complexity index is 1040. The van der Waals surface area contributed by atoms with Crippen LogP contribution in [-0.2, 0) is 9.59 Å². The Balaban J connectivity index is 1.64. The molecule has 0 bridgehead atoms. The molecule has 0 aromatic heterocycles. The van der Waals surface area contributed by atoms with Gasteiger partial charge in [0.1, 0.15) is 23.9 Å². The van der Waals surface area contributed by atoms with Crippen molar-refractivity contribution >= 4 is 40.6 Å². The van der Waals surface area contributed by atoms with Crippen molar-refractivity contribution in [2.75, 3.05) is 18.5 Å². The van der Waals surface area contributed by atoms with E-state index in [2.05, 4.69) is 5.32 Å². The molecule has 0 atom stereocenters. The molecule has 1 N–H and O–H groups in total. The topological polar surface area (TPSA) is 75.7 Å². The molecule has 1 saturated heterocycles. The van der Waals surface area contributed by atoms with Gasteiger partial charge < -0.3 is 10.1 Å². The van der Waals surface area contributed by atoms with Gasteiger partial charge in [-0.1, -0.05) is 26.0 Å². The van der Waals surface area contributed by atoms with Crippen LogP contribution >= 0.6 is 11.8 Å². The third-order valence-corrected chi connectivity index (χ3v) is 5.05. The van der Waals surface area contributed by atoms with Crippen molar-refractivity contribution in [2.45, 2.75) is 13.8 Å². The molecule has 0 saturated carbocycles. The number of ether oxygens (including phenoxy) is 1. The monoisotopic (exact) mass is 446 g/mol. The molecule has 1 aliphatic rings. The summed E-state index contributed by atoms with van der Waals surface area (Å²) >= 11 is 0.712. The zero-order valence-electron chi connectivity index (χ0n) is 16.9. The van der Waals surface area contributed by atoms with Gasteiger partial charge in [0.05, 0.1) is 17.2 Å². The molecule has 1 aliphatic heterocycles. The fraction of sp³-hybridized carbons (Fsp3) is 0.227. The van der Waals surface area contributed by atoms with Crippen LogP contribution < -0.4 is 10.1 Å². The van der Waals surface area contributed by atoms with Gasteiger partial charge in [-0.2, -0.15) is 0 Å². The normalized spacial score (nSPS) is 15.1. The number of hydrogen-bond donors (Lipinski definition) is 1. The lowest BCUT2D eigenvalue weighted by Gasteiger charge is -2.12. The highest BCUT2D eigenvalue weighted by atomic mass is 32.2. The van der Waals surface area contributed by atoms with E-state index >= 15 is 0 Å². The van der Waals surface area contributed by atoms with Gasteiger partial charge in [0.15, 0.2) is 0 Å². The molecule has 162 valence electrons. The summed E-state index contributed by atoms with van der Waals surface area (Å²) in [5, 5.41) is 1.62. The first-order valence-electron chi connectivity index (χ1n) is 9.46. The smallest absolute Gasteiger partial charge is 0.294 e. The molecule has 0 unspecified atom stereocenters. The number of nitrogens with zero attached hydrogens (tertiary/aromatic N) is 1. The van der Waals surface area contributed by atoms with Crippen LogP contribution in [0, 0.1) is 17.6 Å². The lowest BCUT2D eigenvalue weighted by Crippen LogP contribution is -2.36. The second kappa shape index (κ2) is 9.74. The Morgan fingerprint density at radius 2 is 1.87 bits per heavy atom. The van der Waals surface area contributed by atoms with Crippen LogP contribution in [0.4, 0.5) is 19.3 Å². The summed E-state index contributed by atoms with van der Waals surface area (Å²) in [4.78, 5) is 37.8. The molecule has 3 amide bonds. The summed E-state index contributed by atoms with van der Waals surface area (Å²) in [6, 6.07) is 9.72. The first kappa shape index (κ1) is 22.5. The number of hydrogen-bond acceptors (Lipinski definition) is 5. The maximum absolute atomic E-state index is 13.7. The summed E-state index contributed by atoms with van der Waals surface area (Å²) in [6.07, 6.45) is 1.55. The second-order valence-electron chi connectivity index (χ2n) is 7.21. The standard InChI is InChI=1S/C22H20F2N2O4S/c1-13(2)12-30-16-6-3-14(4-7-16)9-19-21(28)26(22(29)31-19)11-20(27)25-18-8-5-15(23)10-17(18)24/h3-10,13H,11-12H2,1-2H3,(H,25,27)/b19-9-. The number of imide groups is 1. The van der Waals surface area contributed by atoms with Crippen LogP contribution in [0.25, 0.3) is 6.08 Å². The average molecular weight is 446 g/mol. The van der Waals surface area contributed by atoms with Crippen LogP contribution in [0.15, 0.2) is 47.4 Å². The zero-order valence-corrected chi connectivity index (χ0v) is 17.7. The predicted molar refractivity (Wildman–Crippen MR) is 114 cm³/mol. The van der Waals surface area contributed by atoms with Crippen molar-refractivity contribution in [3.05, 3.63) is 64.6 Å². The van der Waals surface area contributed by atoms with Gasteiger partial charge in [0.25, 0.3) is 11.1 Å². The van der Waals surface area contributed by atoms with E-state index in [9.17, 15) is 23.2 Å². The lowest BCUT2D eigenvalue weighted by molar-refractivity contribution is -0.127. The van der Waals surface area contributed by atoms with E-state index in [1.807, 2.05) is 13.8 Å². The third-order valence-electron chi connectivity index (χ3n) is 4.14. The largest absolute Gasteiger partial charge is 0.493 e. The van der Waals surface area contributed by atoms with E-state index in [4.69, 9.17) is 4.74 Å². The molecule has 2 aromatic rings. The molecule has 1 heterocycles. The minimum absolute atomic E-state index is 0.168. The Hall–Kier alpha value is -3.20. The highest BCUT2D eigenvalue weighted by Gasteiger charge is 2.36. The van der Waals surface area contributed by atoms with E-state index in [1.165, 1.54) is 0 Å². The van der Waals surface area contributed by atoms with Gasteiger partial charge in [-0.25, -0.2) is 8.78 Å². The predicted octanol–water partition coefficient (Wildman–Crippen LogP) is 4.67. The summed E-state index contributed by atoms with van der Waals surface area (Å²) in [5.74, 6) is -2.05. The zero-order chi connectivity index (χ0) is 22.5. The SMILES string of the molecule is CC(C)COc1ccc(/C=C2\SC(=O)N(CC(=O)Nc3ccc(F)cc3F)C2=O)cc1. The van der Waals surface area contributed by atoms with Crippen molar-refractivity contribution in [3.8, 4) is 5.75 Å². The number of halogens is 2. The Morgan fingerprint density at radius 1 is 1.16 bits per heavy atom. The van der Waals surface area contributed by atoms with E-state index in [0.717, 1.165) is 17.0 Å². The fourth-order valence-electron chi connectivity index (χ4n) is 2.64. The molecule has 0 aliphatic carbocycles. The number of benzene rings is 2. The second-order valence-corrected chi connectivity index (χ2v) is 8.21. The van der Waals surface area contributed by atoms with Crippen molar-refractivity contribution in [2.24, 2.45) is 5.92 Å². The minimum Gasteiger partial charge on any atom is -0.493 e. The summed E-state index contributed by atoms with van der Waals surface area (Å²) in [7, 11) is 0. The van der Waals surface area contributed by atoms with E-state index < -0.39 is 35.2 Å². The molecular formula is C22H20F2N2O4S. The Labute approximate surface area is 182 Å². The van der Waals surface area contributed by atoms with Crippen LogP contribution in [0.5, 0.6) is 5.75 Å². The molecule has 9 heteroatoms. The highest BCUT2D eigenvalue weighted by molar-refractivity contribution is 8.18. The Kier molecular flexibility index (Phi) is 7.06. The number of nitrogens with one attached hydrogen (secondary N) is 1. The average Bonchev–Trinajstić information content (AvgIpc) is 2.97. The highest BCUT2D eigenvalue weighted by Crippen LogP contribution is 2.32. The fourth-order valence-corrected chi connectivity index (χ4v) is 3.47. The summed E-state index contributed by atoms with van der Waals surface area (Å²) < 4.78 is 32.2. The number of carbonyl (C=O) groups is 3. The number of amides is 3. The van der Waals surface area contributed by atoms with Crippen molar-refractivity contribution in [1.29, 1.82) is 0 Å². The Morgan fingerprint density at radius 3 is 2.52 bits per heavy atom. The maximum atomic E-state index is 13.7. The van der Waals surface area contributed by atoms with Gasteiger partial charge in [0, 0.05) is 6.07 Å². The molecule has 6 nitrogen and oxygen atoms in total.